The van der Waals surface area contributed by atoms with Gasteiger partial charge in [-0.2, -0.15) is 0 Å². The number of hydrogen-bond donors (Lipinski definition) is 3. The molecule has 0 radical (unpaired) electrons. The molecule has 0 aromatic heterocycles. The molecule has 2 unspecified atom stereocenters. The number of ether oxygens (including phenoxy) is 2. The second kappa shape index (κ2) is 12.5. The quantitative estimate of drug-likeness (QED) is 0.252. The summed E-state index contributed by atoms with van der Waals surface area (Å²) in [6.07, 6.45) is 7.76. The fraction of sp³-hybridized carbons (Fsp3) is 0.652. The Labute approximate surface area is 202 Å². The summed E-state index contributed by atoms with van der Waals surface area (Å²) in [6, 6.07) is 8.01. The maximum atomic E-state index is 10.9. The normalized spacial score (nSPS) is 22.2. The van der Waals surface area contributed by atoms with Crippen molar-refractivity contribution >= 4 is 35.8 Å². The minimum Gasteiger partial charge on any atom is -0.484 e. The summed E-state index contributed by atoms with van der Waals surface area (Å²) in [5.74, 6) is 0.976. The molecular formula is C23H37IN4O3. The van der Waals surface area contributed by atoms with E-state index in [1.807, 2.05) is 24.3 Å². The fourth-order valence-electron chi connectivity index (χ4n) is 4.81. The standard InChI is InChI=1S/C23H36N4O3.HI/c1-3-25-22(26-15-17-9-8-10-18(13-17)30-16-21(24)28)27-19-14-20(29-4-2)23(19)11-6-5-7-12-23;/h8-10,13,19-20H,3-7,11-12,14-16H2,1-2H3,(H2,24,28)(H2,25,26,27);1H. The average Bonchev–Trinajstić information content (AvgIpc) is 2.76. The number of aliphatic imine (C=N–C) groups is 1. The van der Waals surface area contributed by atoms with Crippen molar-refractivity contribution in [1.29, 1.82) is 0 Å². The molecule has 1 aromatic carbocycles. The van der Waals surface area contributed by atoms with Crippen LogP contribution < -0.4 is 21.1 Å². The number of rotatable bonds is 9. The lowest BCUT2D eigenvalue weighted by Gasteiger charge is -2.58. The van der Waals surface area contributed by atoms with Crippen molar-refractivity contribution in [3.05, 3.63) is 29.8 Å². The average molecular weight is 544 g/mol. The van der Waals surface area contributed by atoms with Gasteiger partial charge in [-0.05, 0) is 50.8 Å². The minimum absolute atomic E-state index is 0. The van der Waals surface area contributed by atoms with Crippen LogP contribution in [0.5, 0.6) is 5.75 Å². The van der Waals surface area contributed by atoms with Gasteiger partial charge in [0, 0.05) is 24.6 Å². The van der Waals surface area contributed by atoms with E-state index in [1.165, 1.54) is 32.1 Å². The molecule has 0 bridgehead atoms. The third-order valence-electron chi connectivity index (χ3n) is 6.29. The van der Waals surface area contributed by atoms with E-state index in [0.717, 1.165) is 31.1 Å². The zero-order valence-electron chi connectivity index (χ0n) is 18.7. The van der Waals surface area contributed by atoms with Crippen LogP contribution in [0.25, 0.3) is 0 Å². The lowest BCUT2D eigenvalue weighted by atomic mass is 9.55. The number of nitrogens with one attached hydrogen (secondary N) is 2. The van der Waals surface area contributed by atoms with Gasteiger partial charge in [0.2, 0.25) is 0 Å². The Morgan fingerprint density at radius 3 is 2.71 bits per heavy atom. The van der Waals surface area contributed by atoms with Gasteiger partial charge < -0.3 is 25.8 Å². The maximum Gasteiger partial charge on any atom is 0.255 e. The number of primary amides is 1. The van der Waals surface area contributed by atoms with E-state index in [0.29, 0.717) is 24.4 Å². The molecule has 7 nitrogen and oxygen atoms in total. The minimum atomic E-state index is -0.487. The Kier molecular flexibility index (Phi) is 10.3. The van der Waals surface area contributed by atoms with Crippen LogP contribution in [0.2, 0.25) is 0 Å². The van der Waals surface area contributed by atoms with Crippen LogP contribution >= 0.6 is 24.0 Å². The lowest BCUT2D eigenvalue weighted by molar-refractivity contribution is -0.145. The van der Waals surface area contributed by atoms with Crippen molar-refractivity contribution in [1.82, 2.24) is 10.6 Å². The van der Waals surface area contributed by atoms with E-state index in [2.05, 4.69) is 24.5 Å². The summed E-state index contributed by atoms with van der Waals surface area (Å²) >= 11 is 0. The van der Waals surface area contributed by atoms with Crippen molar-refractivity contribution in [2.24, 2.45) is 16.1 Å². The highest BCUT2D eigenvalue weighted by molar-refractivity contribution is 14.0. The highest BCUT2D eigenvalue weighted by atomic mass is 127. The number of carbonyl (C=O) groups excluding carboxylic acids is 1. The van der Waals surface area contributed by atoms with Crippen LogP contribution in [0.15, 0.2) is 29.3 Å². The molecule has 4 N–H and O–H groups in total. The van der Waals surface area contributed by atoms with Crippen LogP contribution in [0.1, 0.15) is 57.9 Å². The number of nitrogens with zero attached hydrogens (tertiary/aromatic N) is 1. The smallest absolute Gasteiger partial charge is 0.255 e. The van der Waals surface area contributed by atoms with Crippen molar-refractivity contribution in [3.63, 3.8) is 0 Å². The van der Waals surface area contributed by atoms with Crippen molar-refractivity contribution < 1.29 is 14.3 Å². The summed E-state index contributed by atoms with van der Waals surface area (Å²) in [6.45, 7) is 6.16. The first-order valence-electron chi connectivity index (χ1n) is 11.2. The molecular weight excluding hydrogens is 507 g/mol. The van der Waals surface area contributed by atoms with Crippen molar-refractivity contribution in [2.45, 2.75) is 71.1 Å². The highest BCUT2D eigenvalue weighted by Crippen LogP contribution is 2.53. The van der Waals surface area contributed by atoms with Gasteiger partial charge in [0.05, 0.1) is 12.6 Å². The van der Waals surface area contributed by atoms with Crippen LogP contribution in [0, 0.1) is 5.41 Å². The first-order chi connectivity index (χ1) is 14.6. The van der Waals surface area contributed by atoms with Crippen molar-refractivity contribution in [3.8, 4) is 5.75 Å². The Morgan fingerprint density at radius 2 is 2.03 bits per heavy atom. The third kappa shape index (κ3) is 6.71. The number of benzene rings is 1. The molecule has 2 fully saturated rings. The molecule has 2 atom stereocenters. The van der Waals surface area contributed by atoms with Gasteiger partial charge in [-0.15, -0.1) is 24.0 Å². The SMILES string of the molecule is CCNC(=NCc1cccc(OCC(N)=O)c1)NC1CC(OCC)C12CCCCC2.I. The largest absolute Gasteiger partial charge is 0.484 e. The zero-order chi connectivity index (χ0) is 21.4. The van der Waals surface area contributed by atoms with Gasteiger partial charge in [-0.1, -0.05) is 31.4 Å². The Balaban J connectivity index is 0.00000341. The molecule has 0 aliphatic heterocycles. The summed E-state index contributed by atoms with van der Waals surface area (Å²) in [5, 5.41) is 7.08. The number of halogens is 1. The Bertz CT molecular complexity index is 737. The molecule has 31 heavy (non-hydrogen) atoms. The van der Waals surface area contributed by atoms with Crippen LogP contribution in [0.4, 0.5) is 0 Å². The molecule has 0 heterocycles. The number of carbonyl (C=O) groups is 1. The third-order valence-corrected chi connectivity index (χ3v) is 6.29. The van der Waals surface area contributed by atoms with E-state index >= 15 is 0 Å². The highest BCUT2D eigenvalue weighted by Gasteiger charge is 2.55. The molecule has 2 saturated carbocycles. The van der Waals surface area contributed by atoms with Gasteiger partial charge >= 0.3 is 0 Å². The predicted octanol–water partition coefficient (Wildman–Crippen LogP) is 3.35. The van der Waals surface area contributed by atoms with Crippen LogP contribution in [0.3, 0.4) is 0 Å². The van der Waals surface area contributed by atoms with Crippen LogP contribution in [-0.4, -0.2) is 43.8 Å². The zero-order valence-corrected chi connectivity index (χ0v) is 21.0. The molecule has 2 aliphatic rings. The van der Waals surface area contributed by atoms with E-state index in [4.69, 9.17) is 20.2 Å². The van der Waals surface area contributed by atoms with Gasteiger partial charge in [-0.3, -0.25) is 4.79 Å². The second-order valence-corrected chi connectivity index (χ2v) is 8.27. The monoisotopic (exact) mass is 544 g/mol. The maximum absolute atomic E-state index is 10.9. The van der Waals surface area contributed by atoms with Gasteiger partial charge in [-0.25, -0.2) is 4.99 Å². The summed E-state index contributed by atoms with van der Waals surface area (Å²) in [4.78, 5) is 15.7. The number of guanidine groups is 1. The molecule has 174 valence electrons. The Hall–Kier alpha value is -1.55. The molecule has 1 spiro atoms. The molecule has 1 aromatic rings. The van der Waals surface area contributed by atoms with Gasteiger partial charge in [0.15, 0.2) is 12.6 Å². The molecule has 3 rings (SSSR count). The molecule has 0 saturated heterocycles. The van der Waals surface area contributed by atoms with Crippen LogP contribution in [-0.2, 0) is 16.1 Å². The van der Waals surface area contributed by atoms with Gasteiger partial charge in [0.1, 0.15) is 5.75 Å². The number of nitrogens with two attached hydrogens (primary N) is 1. The second-order valence-electron chi connectivity index (χ2n) is 8.27. The molecule has 8 heteroatoms. The first kappa shape index (κ1) is 25.7. The topological polar surface area (TPSA) is 98.0 Å². The summed E-state index contributed by atoms with van der Waals surface area (Å²) in [7, 11) is 0. The fourth-order valence-corrected chi connectivity index (χ4v) is 4.81. The van der Waals surface area contributed by atoms with E-state index in [-0.39, 0.29) is 36.0 Å². The molecule has 2 aliphatic carbocycles. The van der Waals surface area contributed by atoms with Gasteiger partial charge in [0.25, 0.3) is 5.91 Å². The van der Waals surface area contributed by atoms with E-state index in [9.17, 15) is 4.79 Å². The molecule has 1 amide bonds. The van der Waals surface area contributed by atoms with Crippen molar-refractivity contribution in [2.75, 3.05) is 19.8 Å². The van der Waals surface area contributed by atoms with E-state index in [1.54, 1.807) is 0 Å². The predicted molar refractivity (Wildman–Crippen MR) is 134 cm³/mol. The lowest BCUT2D eigenvalue weighted by Crippen LogP contribution is -2.66. The number of hydrogen-bond acceptors (Lipinski definition) is 4. The Morgan fingerprint density at radius 1 is 1.26 bits per heavy atom. The summed E-state index contributed by atoms with van der Waals surface area (Å²) < 4.78 is 11.5. The summed E-state index contributed by atoms with van der Waals surface area (Å²) in [5.41, 5.74) is 6.41. The number of amides is 1. The first-order valence-corrected chi connectivity index (χ1v) is 11.2. The van der Waals surface area contributed by atoms with E-state index < -0.39 is 5.91 Å².